The normalized spacial score (nSPS) is 15.7. The SMILES string of the molecule is COc1ccc(CC(NC(=O)C2CCC(CNC(=O)OC(C)(C)C)CC2)C(=O)Nc2ccc(-c3nn[nH]n3)cc2)cc1-c1ccc(C(=O)NCCNC(=O)OC(C)(C)C)cc1C. The summed E-state index contributed by atoms with van der Waals surface area (Å²) in [6.07, 6.45) is 1.85. The van der Waals surface area contributed by atoms with Crippen molar-refractivity contribution >= 4 is 35.6 Å². The Hall–Kier alpha value is -6.52. The zero-order chi connectivity index (χ0) is 45.0. The molecule has 0 bridgehead atoms. The standard InChI is InChI=1S/C45H59N9O8/c1-27-23-32(39(55)46-21-22-47-42(58)61-44(2,3)4)16-19-34(27)35-24-29(11-20-37(35)60-8)25-36(41(57)49-33-17-14-30(15-18-33)38-51-53-54-52-38)50-40(56)31-12-9-28(10-13-31)26-48-43(59)62-45(5,6)7/h11,14-20,23-24,28,31,36H,9-10,12-13,21-22,25-26H2,1-8H3,(H,46,55)(H,47,58)(H,48,59)(H,49,57)(H,50,56)(H,51,52,53,54). The van der Waals surface area contributed by atoms with Crippen LogP contribution in [0.3, 0.4) is 0 Å². The van der Waals surface area contributed by atoms with Crippen LogP contribution in [0.5, 0.6) is 5.75 Å². The number of anilines is 1. The van der Waals surface area contributed by atoms with E-state index in [9.17, 15) is 24.0 Å². The van der Waals surface area contributed by atoms with Gasteiger partial charge in [-0.3, -0.25) is 14.4 Å². The van der Waals surface area contributed by atoms with Crippen LogP contribution in [0, 0.1) is 18.8 Å². The van der Waals surface area contributed by atoms with Gasteiger partial charge in [-0.1, -0.05) is 12.1 Å². The Bertz CT molecular complexity index is 2170. The van der Waals surface area contributed by atoms with Crippen LogP contribution in [-0.2, 0) is 25.5 Å². The predicted molar refractivity (Wildman–Crippen MR) is 233 cm³/mol. The average molecular weight is 854 g/mol. The Morgan fingerprint density at radius 2 is 1.45 bits per heavy atom. The molecule has 0 spiro atoms. The zero-order valence-corrected chi connectivity index (χ0v) is 36.8. The third-order valence-corrected chi connectivity index (χ3v) is 10.1. The van der Waals surface area contributed by atoms with Gasteiger partial charge in [0.05, 0.1) is 7.11 Å². The molecule has 6 N–H and O–H groups in total. The molecular formula is C45H59N9O8. The highest BCUT2D eigenvalue weighted by Gasteiger charge is 2.31. The number of rotatable bonds is 15. The third kappa shape index (κ3) is 14.0. The van der Waals surface area contributed by atoms with Gasteiger partial charge in [0.25, 0.3) is 5.91 Å². The van der Waals surface area contributed by atoms with Crippen LogP contribution < -0.4 is 31.3 Å². The number of nitrogens with one attached hydrogen (secondary N) is 6. The lowest BCUT2D eigenvalue weighted by atomic mass is 9.81. The molecule has 5 rings (SSSR count). The van der Waals surface area contributed by atoms with Gasteiger partial charge in [0.15, 0.2) is 0 Å². The first-order chi connectivity index (χ1) is 29.4. The van der Waals surface area contributed by atoms with Gasteiger partial charge >= 0.3 is 12.2 Å². The van der Waals surface area contributed by atoms with Gasteiger partial charge in [0, 0.05) is 54.4 Å². The predicted octanol–water partition coefficient (Wildman–Crippen LogP) is 6.10. The number of aryl methyl sites for hydroxylation is 1. The smallest absolute Gasteiger partial charge is 0.407 e. The van der Waals surface area contributed by atoms with Crippen molar-refractivity contribution in [1.82, 2.24) is 41.9 Å². The molecule has 4 aromatic rings. The monoisotopic (exact) mass is 853 g/mol. The van der Waals surface area contributed by atoms with Crippen molar-refractivity contribution in [2.45, 2.75) is 97.8 Å². The van der Waals surface area contributed by atoms with Crippen LogP contribution in [0.4, 0.5) is 15.3 Å². The van der Waals surface area contributed by atoms with E-state index < -0.39 is 35.3 Å². The number of methoxy groups -OCH3 is 1. The molecule has 3 aromatic carbocycles. The van der Waals surface area contributed by atoms with E-state index in [0.29, 0.717) is 47.8 Å². The zero-order valence-electron chi connectivity index (χ0n) is 36.8. The topological polar surface area (TPSA) is 228 Å². The Morgan fingerprint density at radius 3 is 2.06 bits per heavy atom. The second-order valence-corrected chi connectivity index (χ2v) is 17.4. The van der Waals surface area contributed by atoms with Crippen LogP contribution >= 0.6 is 0 Å². The number of alkyl carbamates (subject to hydrolysis) is 2. The molecule has 1 atom stereocenters. The number of aromatic amines is 1. The molecule has 1 aliphatic rings. The summed E-state index contributed by atoms with van der Waals surface area (Å²) in [7, 11) is 1.57. The summed E-state index contributed by atoms with van der Waals surface area (Å²) in [5.74, 6) is -0.00158. The van der Waals surface area contributed by atoms with Crippen molar-refractivity contribution in [1.29, 1.82) is 0 Å². The molecule has 1 saturated carbocycles. The maximum atomic E-state index is 14.1. The summed E-state index contributed by atoms with van der Waals surface area (Å²) in [5, 5.41) is 28.3. The summed E-state index contributed by atoms with van der Waals surface area (Å²) in [5.41, 5.74) is 3.60. The van der Waals surface area contributed by atoms with Gasteiger partial charge in [0.1, 0.15) is 23.0 Å². The number of carbonyl (C=O) groups excluding carboxylic acids is 5. The molecular weight excluding hydrogens is 795 g/mol. The maximum Gasteiger partial charge on any atom is 0.407 e. The molecule has 1 unspecified atom stereocenters. The summed E-state index contributed by atoms with van der Waals surface area (Å²) in [6, 6.07) is 17.0. The number of aromatic nitrogens is 4. The molecule has 17 heteroatoms. The molecule has 0 radical (unpaired) electrons. The molecule has 5 amide bonds. The quantitative estimate of drug-likeness (QED) is 0.0749. The summed E-state index contributed by atoms with van der Waals surface area (Å²) >= 11 is 0. The number of H-pyrrole nitrogens is 1. The molecule has 1 aliphatic carbocycles. The van der Waals surface area contributed by atoms with Gasteiger partial charge in [-0.15, -0.1) is 10.2 Å². The van der Waals surface area contributed by atoms with E-state index in [-0.39, 0.29) is 43.2 Å². The van der Waals surface area contributed by atoms with Crippen LogP contribution in [0.2, 0.25) is 0 Å². The maximum absolute atomic E-state index is 14.1. The fourth-order valence-corrected chi connectivity index (χ4v) is 7.08. The lowest BCUT2D eigenvalue weighted by Crippen LogP contribution is -2.48. The molecule has 1 fully saturated rings. The Labute approximate surface area is 362 Å². The van der Waals surface area contributed by atoms with Crippen molar-refractivity contribution in [2.24, 2.45) is 11.8 Å². The van der Waals surface area contributed by atoms with Gasteiger partial charge in [-0.05, 0) is 151 Å². The molecule has 1 heterocycles. The molecule has 62 heavy (non-hydrogen) atoms. The number of amides is 5. The van der Waals surface area contributed by atoms with Crippen molar-refractivity contribution in [3.05, 3.63) is 77.4 Å². The number of ether oxygens (including phenoxy) is 3. The van der Waals surface area contributed by atoms with Crippen molar-refractivity contribution in [2.75, 3.05) is 32.1 Å². The lowest BCUT2D eigenvalue weighted by Gasteiger charge is -2.29. The van der Waals surface area contributed by atoms with Gasteiger partial charge in [-0.2, -0.15) is 5.21 Å². The number of carbonyl (C=O) groups is 5. The largest absolute Gasteiger partial charge is 0.496 e. The van der Waals surface area contributed by atoms with E-state index in [2.05, 4.69) is 47.2 Å². The van der Waals surface area contributed by atoms with Crippen LogP contribution in [0.15, 0.2) is 60.7 Å². The van der Waals surface area contributed by atoms with Crippen molar-refractivity contribution < 1.29 is 38.2 Å². The first kappa shape index (κ1) is 46.5. The van der Waals surface area contributed by atoms with E-state index in [1.54, 1.807) is 64.3 Å². The number of nitrogens with zero attached hydrogens (tertiary/aromatic N) is 3. The minimum atomic E-state index is -0.941. The van der Waals surface area contributed by atoms with Gasteiger partial charge in [0.2, 0.25) is 17.6 Å². The molecule has 0 saturated heterocycles. The first-order valence-corrected chi connectivity index (χ1v) is 20.8. The second kappa shape index (κ2) is 20.8. The highest BCUT2D eigenvalue weighted by atomic mass is 16.6. The van der Waals surface area contributed by atoms with Gasteiger partial charge < -0.3 is 40.8 Å². The Kier molecular flexibility index (Phi) is 15.6. The van der Waals surface area contributed by atoms with Crippen molar-refractivity contribution in [3.63, 3.8) is 0 Å². The first-order valence-electron chi connectivity index (χ1n) is 20.8. The molecule has 17 nitrogen and oxygen atoms in total. The lowest BCUT2D eigenvalue weighted by molar-refractivity contribution is -0.130. The molecule has 1 aromatic heterocycles. The minimum Gasteiger partial charge on any atom is -0.496 e. The highest BCUT2D eigenvalue weighted by Crippen LogP contribution is 2.34. The highest BCUT2D eigenvalue weighted by molar-refractivity contribution is 5.98. The third-order valence-electron chi connectivity index (χ3n) is 10.1. The molecule has 332 valence electrons. The second-order valence-electron chi connectivity index (χ2n) is 17.4. The fourth-order valence-electron chi connectivity index (χ4n) is 7.08. The number of hydrogen-bond acceptors (Lipinski definition) is 11. The number of benzene rings is 3. The fraction of sp³-hybridized carbons (Fsp3) is 0.467. The Balaban J connectivity index is 1.28. The van der Waals surface area contributed by atoms with Crippen LogP contribution in [-0.4, -0.2) is 94.5 Å². The Morgan fingerprint density at radius 1 is 0.790 bits per heavy atom. The van der Waals surface area contributed by atoms with E-state index in [1.807, 2.05) is 52.0 Å². The van der Waals surface area contributed by atoms with E-state index in [0.717, 1.165) is 35.1 Å². The summed E-state index contributed by atoms with van der Waals surface area (Å²) in [6.45, 7) is 13.5. The van der Waals surface area contributed by atoms with Crippen molar-refractivity contribution in [3.8, 4) is 28.3 Å². The summed E-state index contributed by atoms with van der Waals surface area (Å²) in [4.78, 5) is 65.1. The average Bonchev–Trinajstić information content (AvgIpc) is 3.76. The van der Waals surface area contributed by atoms with E-state index >= 15 is 0 Å². The summed E-state index contributed by atoms with van der Waals surface area (Å²) < 4.78 is 16.4. The number of tetrazole rings is 1. The van der Waals surface area contributed by atoms with E-state index in [1.165, 1.54) is 0 Å². The van der Waals surface area contributed by atoms with Crippen LogP contribution in [0.25, 0.3) is 22.5 Å². The number of hydrogen-bond donors (Lipinski definition) is 6. The van der Waals surface area contributed by atoms with Crippen LogP contribution in [0.1, 0.15) is 88.7 Å². The van der Waals surface area contributed by atoms with Gasteiger partial charge in [-0.25, -0.2) is 9.59 Å². The molecule has 0 aliphatic heterocycles. The van der Waals surface area contributed by atoms with E-state index in [4.69, 9.17) is 14.2 Å². The minimum absolute atomic E-state index is 0.168.